The van der Waals surface area contributed by atoms with E-state index in [0.29, 0.717) is 12.6 Å². The molecule has 2 fully saturated rings. The molecule has 2 aliphatic rings. The van der Waals surface area contributed by atoms with E-state index in [0.717, 1.165) is 42.5 Å². The highest BCUT2D eigenvalue weighted by Crippen LogP contribution is 2.24. The molecule has 0 bridgehead atoms. The zero-order valence-corrected chi connectivity index (χ0v) is 19.8. The SMILES string of the molecule is Cc1nnc(CN=C(NC2CCCCC2)N2CCC(CC(C)C)C2)n1C.I. The smallest absolute Gasteiger partial charge is 0.194 e. The van der Waals surface area contributed by atoms with Crippen molar-refractivity contribution in [1.82, 2.24) is 25.0 Å². The maximum absolute atomic E-state index is 4.97. The Balaban J connectivity index is 0.00000261. The number of halogens is 1. The minimum absolute atomic E-state index is 0. The second kappa shape index (κ2) is 10.6. The van der Waals surface area contributed by atoms with Crippen LogP contribution in [0.4, 0.5) is 0 Å². The van der Waals surface area contributed by atoms with Gasteiger partial charge in [-0.3, -0.25) is 0 Å². The summed E-state index contributed by atoms with van der Waals surface area (Å²) in [5, 5.41) is 12.2. The number of aliphatic imine (C=N–C) groups is 1. The van der Waals surface area contributed by atoms with Gasteiger partial charge in [-0.15, -0.1) is 34.2 Å². The number of rotatable bonds is 5. The molecule has 154 valence electrons. The standard InChI is InChI=1S/C20H36N6.HI/c1-15(2)12-17-10-11-26(14-17)20(22-18-8-6-5-7-9-18)21-13-19-24-23-16(3)25(19)4;/h15,17-18H,5-14H2,1-4H3,(H,21,22);1H. The van der Waals surface area contributed by atoms with Gasteiger partial charge < -0.3 is 14.8 Å². The summed E-state index contributed by atoms with van der Waals surface area (Å²) in [6, 6.07) is 0.577. The predicted molar refractivity (Wildman–Crippen MR) is 121 cm³/mol. The average molecular weight is 488 g/mol. The summed E-state index contributed by atoms with van der Waals surface area (Å²) in [5.74, 6) is 4.53. The molecular weight excluding hydrogens is 451 g/mol. The molecule has 1 saturated carbocycles. The topological polar surface area (TPSA) is 58.3 Å². The van der Waals surface area contributed by atoms with E-state index in [4.69, 9.17) is 4.99 Å². The van der Waals surface area contributed by atoms with Gasteiger partial charge in [0.05, 0.1) is 0 Å². The van der Waals surface area contributed by atoms with E-state index in [1.165, 1.54) is 44.9 Å². The Morgan fingerprint density at radius 3 is 2.56 bits per heavy atom. The molecular formula is C20H37IN6. The normalized spacial score (nSPS) is 21.6. The van der Waals surface area contributed by atoms with E-state index in [2.05, 4.69) is 34.3 Å². The maximum Gasteiger partial charge on any atom is 0.194 e. The summed E-state index contributed by atoms with van der Waals surface area (Å²) in [6.45, 7) is 9.49. The van der Waals surface area contributed by atoms with Crippen LogP contribution in [0.15, 0.2) is 4.99 Å². The zero-order chi connectivity index (χ0) is 18.5. The minimum Gasteiger partial charge on any atom is -0.353 e. The highest BCUT2D eigenvalue weighted by Gasteiger charge is 2.27. The van der Waals surface area contributed by atoms with Crippen molar-refractivity contribution in [3.05, 3.63) is 11.6 Å². The summed E-state index contributed by atoms with van der Waals surface area (Å²) in [4.78, 5) is 7.44. The van der Waals surface area contributed by atoms with Gasteiger partial charge in [0, 0.05) is 26.2 Å². The van der Waals surface area contributed by atoms with Crippen LogP contribution in [0, 0.1) is 18.8 Å². The fourth-order valence-electron chi connectivity index (χ4n) is 4.28. The molecule has 1 N–H and O–H groups in total. The molecule has 6 nitrogen and oxygen atoms in total. The van der Waals surface area contributed by atoms with Crippen molar-refractivity contribution in [2.45, 2.75) is 78.3 Å². The summed E-state index contributed by atoms with van der Waals surface area (Å²) < 4.78 is 2.03. The van der Waals surface area contributed by atoms with Crippen LogP contribution >= 0.6 is 24.0 Å². The van der Waals surface area contributed by atoms with Crippen molar-refractivity contribution in [2.75, 3.05) is 13.1 Å². The quantitative estimate of drug-likeness (QED) is 0.388. The van der Waals surface area contributed by atoms with Crippen molar-refractivity contribution in [3.8, 4) is 0 Å². The van der Waals surface area contributed by atoms with Crippen molar-refractivity contribution >= 4 is 29.9 Å². The number of guanidine groups is 1. The third-order valence-corrected chi connectivity index (χ3v) is 5.88. The predicted octanol–water partition coefficient (Wildman–Crippen LogP) is 3.89. The second-order valence-corrected chi connectivity index (χ2v) is 8.57. The minimum atomic E-state index is 0. The van der Waals surface area contributed by atoms with Gasteiger partial charge >= 0.3 is 0 Å². The zero-order valence-electron chi connectivity index (χ0n) is 17.4. The maximum atomic E-state index is 4.97. The Bertz CT molecular complexity index is 606. The van der Waals surface area contributed by atoms with E-state index in [9.17, 15) is 0 Å². The number of nitrogens with zero attached hydrogens (tertiary/aromatic N) is 5. The van der Waals surface area contributed by atoms with Crippen LogP contribution in [0.25, 0.3) is 0 Å². The molecule has 0 amide bonds. The van der Waals surface area contributed by atoms with Gasteiger partial charge in [-0.05, 0) is 44.4 Å². The number of hydrogen-bond donors (Lipinski definition) is 1. The second-order valence-electron chi connectivity index (χ2n) is 8.57. The van der Waals surface area contributed by atoms with Gasteiger partial charge in [0.25, 0.3) is 0 Å². The van der Waals surface area contributed by atoms with Crippen LogP contribution in [0.5, 0.6) is 0 Å². The first-order chi connectivity index (χ1) is 12.5. The molecule has 3 rings (SSSR count). The van der Waals surface area contributed by atoms with Crippen LogP contribution in [0.2, 0.25) is 0 Å². The molecule has 0 radical (unpaired) electrons. The summed E-state index contributed by atoms with van der Waals surface area (Å²) in [7, 11) is 2.02. The van der Waals surface area contributed by atoms with E-state index in [1.54, 1.807) is 0 Å². The van der Waals surface area contributed by atoms with E-state index < -0.39 is 0 Å². The van der Waals surface area contributed by atoms with E-state index in [-0.39, 0.29) is 24.0 Å². The van der Waals surface area contributed by atoms with Gasteiger partial charge in [-0.25, -0.2) is 4.99 Å². The Morgan fingerprint density at radius 1 is 1.19 bits per heavy atom. The number of hydrogen-bond acceptors (Lipinski definition) is 3. The molecule has 2 heterocycles. The lowest BCUT2D eigenvalue weighted by Crippen LogP contribution is -2.46. The summed E-state index contributed by atoms with van der Waals surface area (Å²) in [5.41, 5.74) is 0. The van der Waals surface area contributed by atoms with Crippen molar-refractivity contribution in [1.29, 1.82) is 0 Å². The Morgan fingerprint density at radius 2 is 1.93 bits per heavy atom. The number of nitrogens with one attached hydrogen (secondary N) is 1. The molecule has 1 atom stereocenters. The van der Waals surface area contributed by atoms with Crippen LogP contribution in [-0.4, -0.2) is 44.8 Å². The first-order valence-electron chi connectivity index (χ1n) is 10.4. The lowest BCUT2D eigenvalue weighted by Gasteiger charge is -2.29. The largest absolute Gasteiger partial charge is 0.353 e. The molecule has 1 aromatic heterocycles. The molecule has 1 unspecified atom stereocenters. The van der Waals surface area contributed by atoms with Crippen LogP contribution < -0.4 is 5.32 Å². The number of aromatic nitrogens is 3. The number of likely N-dealkylation sites (tertiary alicyclic amines) is 1. The monoisotopic (exact) mass is 488 g/mol. The fourth-order valence-corrected chi connectivity index (χ4v) is 4.28. The molecule has 1 saturated heterocycles. The first kappa shape index (κ1) is 22.4. The summed E-state index contributed by atoms with van der Waals surface area (Å²) in [6.07, 6.45) is 9.19. The number of aryl methyl sites for hydroxylation is 1. The van der Waals surface area contributed by atoms with Gasteiger partial charge in [-0.1, -0.05) is 33.1 Å². The molecule has 0 spiro atoms. The highest BCUT2D eigenvalue weighted by atomic mass is 127. The van der Waals surface area contributed by atoms with Gasteiger partial charge in [0.15, 0.2) is 11.8 Å². The summed E-state index contributed by atoms with van der Waals surface area (Å²) >= 11 is 0. The third-order valence-electron chi connectivity index (χ3n) is 5.88. The van der Waals surface area contributed by atoms with E-state index >= 15 is 0 Å². The lowest BCUT2D eigenvalue weighted by atomic mass is 9.95. The van der Waals surface area contributed by atoms with Gasteiger partial charge in [0.2, 0.25) is 0 Å². The average Bonchev–Trinajstić information content (AvgIpc) is 3.20. The lowest BCUT2D eigenvalue weighted by molar-refractivity contribution is 0.374. The molecule has 1 aliphatic carbocycles. The fraction of sp³-hybridized carbons (Fsp3) is 0.850. The molecule has 7 heteroatoms. The van der Waals surface area contributed by atoms with Gasteiger partial charge in [0.1, 0.15) is 12.4 Å². The van der Waals surface area contributed by atoms with Crippen LogP contribution in [0.1, 0.15) is 70.4 Å². The van der Waals surface area contributed by atoms with Crippen molar-refractivity contribution in [3.63, 3.8) is 0 Å². The molecule has 0 aromatic carbocycles. The van der Waals surface area contributed by atoms with Crippen LogP contribution in [0.3, 0.4) is 0 Å². The van der Waals surface area contributed by atoms with Crippen molar-refractivity contribution < 1.29 is 0 Å². The third kappa shape index (κ3) is 6.32. The molecule has 27 heavy (non-hydrogen) atoms. The first-order valence-corrected chi connectivity index (χ1v) is 10.4. The molecule has 1 aromatic rings. The Hall–Kier alpha value is -0.860. The van der Waals surface area contributed by atoms with Gasteiger partial charge in [-0.2, -0.15) is 0 Å². The highest BCUT2D eigenvalue weighted by molar-refractivity contribution is 14.0. The Labute approximate surface area is 181 Å². The Kier molecular flexibility index (Phi) is 8.82. The van der Waals surface area contributed by atoms with E-state index in [1.807, 2.05) is 18.5 Å². The van der Waals surface area contributed by atoms with Crippen LogP contribution in [-0.2, 0) is 13.6 Å². The van der Waals surface area contributed by atoms with Crippen molar-refractivity contribution in [2.24, 2.45) is 23.9 Å². The molecule has 1 aliphatic heterocycles.